The maximum atomic E-state index is 5.83. The Labute approximate surface area is 139 Å². The normalized spacial score (nSPS) is 12.6. The van der Waals surface area contributed by atoms with Gasteiger partial charge in [0.2, 0.25) is 0 Å². The first-order chi connectivity index (χ1) is 11.8. The summed E-state index contributed by atoms with van der Waals surface area (Å²) in [5.74, 6) is 2.48. The van der Waals surface area contributed by atoms with Crippen molar-refractivity contribution in [3.05, 3.63) is 66.5 Å². The van der Waals surface area contributed by atoms with E-state index in [1.54, 1.807) is 25.8 Å². The molecule has 0 N–H and O–H groups in total. The maximum Gasteiger partial charge on any atom is 0.137 e. The van der Waals surface area contributed by atoms with Crippen LogP contribution in [-0.2, 0) is 13.0 Å². The lowest BCUT2D eigenvalue weighted by Crippen LogP contribution is -2.08. The largest absolute Gasteiger partial charge is 0.495 e. The molecule has 3 aromatic rings. The van der Waals surface area contributed by atoms with E-state index in [1.807, 2.05) is 35.0 Å². The first-order valence-corrected chi connectivity index (χ1v) is 7.62. The fraction of sp³-hybridized carbons (Fsp3) is 0.167. The molecule has 0 atom stereocenters. The molecule has 120 valence electrons. The van der Waals surface area contributed by atoms with Crippen LogP contribution in [0.1, 0.15) is 11.3 Å². The zero-order valence-corrected chi connectivity index (χ0v) is 13.2. The van der Waals surface area contributed by atoms with Crippen molar-refractivity contribution in [1.82, 2.24) is 14.5 Å². The highest BCUT2D eigenvalue weighted by molar-refractivity contribution is 5.93. The van der Waals surface area contributed by atoms with E-state index in [-0.39, 0.29) is 0 Å². The minimum atomic E-state index is 0.404. The van der Waals surface area contributed by atoms with Crippen LogP contribution in [0, 0.1) is 0 Å². The number of fused-ring (bicyclic) bond motifs is 1. The summed E-state index contributed by atoms with van der Waals surface area (Å²) in [6.07, 6.45) is 7.89. The van der Waals surface area contributed by atoms with Crippen molar-refractivity contribution in [2.24, 2.45) is 4.99 Å². The van der Waals surface area contributed by atoms with Gasteiger partial charge in [-0.3, -0.25) is 9.55 Å². The van der Waals surface area contributed by atoms with E-state index < -0.39 is 0 Å². The zero-order chi connectivity index (χ0) is 16.4. The van der Waals surface area contributed by atoms with Crippen molar-refractivity contribution in [2.75, 3.05) is 7.11 Å². The van der Waals surface area contributed by atoms with Crippen molar-refractivity contribution in [2.45, 2.75) is 13.0 Å². The van der Waals surface area contributed by atoms with Crippen molar-refractivity contribution in [3.63, 3.8) is 0 Å². The Bertz CT molecular complexity index is 871. The summed E-state index contributed by atoms with van der Waals surface area (Å²) >= 11 is 0. The van der Waals surface area contributed by atoms with Crippen LogP contribution in [0.5, 0.6) is 11.5 Å². The summed E-state index contributed by atoms with van der Waals surface area (Å²) in [6.45, 7) is 0.404. The Hall–Kier alpha value is -3.15. The number of imidazole rings is 1. The quantitative estimate of drug-likeness (QED) is 0.741. The number of methoxy groups -OCH3 is 1. The van der Waals surface area contributed by atoms with Crippen molar-refractivity contribution in [1.29, 1.82) is 0 Å². The Morgan fingerprint density at radius 1 is 1.17 bits per heavy atom. The van der Waals surface area contributed by atoms with E-state index in [4.69, 9.17) is 9.47 Å². The third-order valence-corrected chi connectivity index (χ3v) is 3.88. The van der Waals surface area contributed by atoms with Crippen LogP contribution in [0.4, 0.5) is 5.69 Å². The summed E-state index contributed by atoms with van der Waals surface area (Å²) in [6, 6.07) is 9.74. The second-order valence-electron chi connectivity index (χ2n) is 5.44. The molecular formula is C18H16N4O2. The average molecular weight is 320 g/mol. The van der Waals surface area contributed by atoms with Crippen LogP contribution in [0.25, 0.3) is 0 Å². The van der Waals surface area contributed by atoms with Crippen LogP contribution in [0.2, 0.25) is 0 Å². The van der Waals surface area contributed by atoms with E-state index >= 15 is 0 Å². The molecule has 0 aliphatic carbocycles. The molecule has 2 aromatic heterocycles. The number of aliphatic imine (C=N–C) groups is 1. The number of hydrogen-bond acceptors (Lipinski definition) is 5. The molecule has 0 amide bonds. The van der Waals surface area contributed by atoms with E-state index in [0.29, 0.717) is 6.61 Å². The predicted octanol–water partition coefficient (Wildman–Crippen LogP) is 3.00. The lowest BCUT2D eigenvalue weighted by Gasteiger charge is -2.07. The van der Waals surface area contributed by atoms with E-state index in [0.717, 1.165) is 35.1 Å². The fourth-order valence-electron chi connectivity index (χ4n) is 2.57. The van der Waals surface area contributed by atoms with Crippen LogP contribution >= 0.6 is 0 Å². The zero-order valence-electron chi connectivity index (χ0n) is 13.2. The number of hydrogen-bond donors (Lipinski definition) is 0. The van der Waals surface area contributed by atoms with Gasteiger partial charge in [-0.2, -0.15) is 0 Å². The Morgan fingerprint density at radius 2 is 2.08 bits per heavy atom. The van der Waals surface area contributed by atoms with Crippen molar-refractivity contribution >= 4 is 11.5 Å². The number of benzene rings is 1. The summed E-state index contributed by atoms with van der Waals surface area (Å²) in [4.78, 5) is 13.0. The molecule has 0 radical (unpaired) electrons. The number of nitrogens with zero attached hydrogens (tertiary/aromatic N) is 4. The molecule has 1 aliphatic heterocycles. The summed E-state index contributed by atoms with van der Waals surface area (Å²) in [5.41, 5.74) is 2.98. The lowest BCUT2D eigenvalue weighted by molar-refractivity contribution is 0.301. The Morgan fingerprint density at radius 3 is 2.83 bits per heavy atom. The monoisotopic (exact) mass is 320 g/mol. The van der Waals surface area contributed by atoms with Crippen LogP contribution < -0.4 is 9.47 Å². The fourth-order valence-corrected chi connectivity index (χ4v) is 2.57. The first kappa shape index (κ1) is 14.4. The molecule has 6 heteroatoms. The summed E-state index contributed by atoms with van der Waals surface area (Å²) in [5, 5.41) is 0. The summed E-state index contributed by atoms with van der Waals surface area (Å²) in [7, 11) is 1.62. The number of rotatable bonds is 4. The number of ether oxygens (including phenoxy) is 2. The van der Waals surface area contributed by atoms with Crippen molar-refractivity contribution < 1.29 is 9.47 Å². The standard InChI is InChI=1S/C18H16N4O2/c1-23-16-5-3-14(20-10-16)11-24-15-4-2-13-8-18(21-17(13)9-15)22-7-6-19-12-22/h2-7,9-10,12H,8,11H2,1H3. The highest BCUT2D eigenvalue weighted by Crippen LogP contribution is 2.31. The molecule has 0 unspecified atom stereocenters. The SMILES string of the molecule is COc1ccc(COc2ccc3c(c2)N=C(n2ccnc2)C3)nc1. The minimum Gasteiger partial charge on any atom is -0.495 e. The predicted molar refractivity (Wildman–Crippen MR) is 90.0 cm³/mol. The van der Waals surface area contributed by atoms with Gasteiger partial charge < -0.3 is 9.47 Å². The van der Waals surface area contributed by atoms with E-state index in [1.165, 1.54) is 5.56 Å². The van der Waals surface area contributed by atoms with Gasteiger partial charge in [-0.1, -0.05) is 6.07 Å². The second kappa shape index (κ2) is 6.16. The highest BCUT2D eigenvalue weighted by Gasteiger charge is 2.16. The third kappa shape index (κ3) is 2.86. The molecule has 0 fully saturated rings. The van der Waals surface area contributed by atoms with Gasteiger partial charge in [0.15, 0.2) is 0 Å². The van der Waals surface area contributed by atoms with Gasteiger partial charge in [-0.05, 0) is 23.8 Å². The van der Waals surface area contributed by atoms with Gasteiger partial charge in [0.1, 0.15) is 30.3 Å². The molecular weight excluding hydrogens is 304 g/mol. The third-order valence-electron chi connectivity index (χ3n) is 3.88. The highest BCUT2D eigenvalue weighted by atomic mass is 16.5. The van der Waals surface area contributed by atoms with Gasteiger partial charge in [0.25, 0.3) is 0 Å². The second-order valence-corrected chi connectivity index (χ2v) is 5.44. The molecule has 6 nitrogen and oxygen atoms in total. The molecule has 1 aliphatic rings. The topological polar surface area (TPSA) is 61.5 Å². The van der Waals surface area contributed by atoms with Gasteiger partial charge in [0.05, 0.1) is 24.7 Å². The van der Waals surface area contributed by atoms with E-state index in [2.05, 4.69) is 21.0 Å². The first-order valence-electron chi connectivity index (χ1n) is 7.62. The van der Waals surface area contributed by atoms with Gasteiger partial charge in [0, 0.05) is 24.9 Å². The molecule has 0 bridgehead atoms. The molecule has 0 spiro atoms. The molecule has 1 aromatic carbocycles. The smallest absolute Gasteiger partial charge is 0.137 e. The number of aromatic nitrogens is 3. The Balaban J connectivity index is 1.47. The molecule has 4 rings (SSSR count). The van der Waals surface area contributed by atoms with E-state index in [9.17, 15) is 0 Å². The minimum absolute atomic E-state index is 0.404. The van der Waals surface area contributed by atoms with Gasteiger partial charge in [-0.15, -0.1) is 0 Å². The lowest BCUT2D eigenvalue weighted by atomic mass is 10.1. The van der Waals surface area contributed by atoms with Crippen molar-refractivity contribution in [3.8, 4) is 11.5 Å². The average Bonchev–Trinajstić information content (AvgIpc) is 3.29. The van der Waals surface area contributed by atoms with Gasteiger partial charge >= 0.3 is 0 Å². The van der Waals surface area contributed by atoms with Gasteiger partial charge in [-0.25, -0.2) is 9.98 Å². The molecule has 24 heavy (non-hydrogen) atoms. The van der Waals surface area contributed by atoms with Crippen LogP contribution in [-0.4, -0.2) is 27.5 Å². The Kier molecular flexibility index (Phi) is 3.70. The molecule has 0 saturated heterocycles. The number of pyridine rings is 1. The van der Waals surface area contributed by atoms with Crippen LogP contribution in [0.15, 0.2) is 60.2 Å². The maximum absolute atomic E-state index is 5.83. The van der Waals surface area contributed by atoms with Crippen LogP contribution in [0.3, 0.4) is 0 Å². The summed E-state index contributed by atoms with van der Waals surface area (Å²) < 4.78 is 12.9. The molecule has 3 heterocycles. The molecule has 0 saturated carbocycles.